The van der Waals surface area contributed by atoms with Crippen molar-refractivity contribution in [2.24, 2.45) is 13.0 Å². The highest BCUT2D eigenvalue weighted by atomic mass is 32.2. The van der Waals surface area contributed by atoms with Crippen molar-refractivity contribution in [1.29, 1.82) is 0 Å². The highest BCUT2D eigenvalue weighted by Crippen LogP contribution is 2.42. The maximum Gasteiger partial charge on any atom is 0.407 e. The second kappa shape index (κ2) is 12.9. The number of carbonyl (C=O) groups is 1. The first-order valence-corrected chi connectivity index (χ1v) is 13.2. The van der Waals surface area contributed by atoms with E-state index in [1.165, 1.54) is 6.08 Å². The fourth-order valence-electron chi connectivity index (χ4n) is 4.11. The normalized spacial score (nSPS) is 21.4. The number of aliphatic hydroxyl groups is 1. The summed E-state index contributed by atoms with van der Waals surface area (Å²) in [7, 11) is 1.98. The molecular formula is C28H33N3O5S. The van der Waals surface area contributed by atoms with Crippen LogP contribution in [0, 0.1) is 5.92 Å². The molecule has 4 rings (SSSR count). The zero-order valence-corrected chi connectivity index (χ0v) is 21.9. The lowest BCUT2D eigenvalue weighted by atomic mass is 9.91. The highest BCUT2D eigenvalue weighted by Gasteiger charge is 2.38. The number of aryl methyl sites for hydroxylation is 1. The lowest BCUT2D eigenvalue weighted by Crippen LogP contribution is -2.38. The van der Waals surface area contributed by atoms with Crippen molar-refractivity contribution in [2.75, 3.05) is 12.4 Å². The number of aromatic nitrogens is 2. The van der Waals surface area contributed by atoms with Crippen LogP contribution in [0.25, 0.3) is 0 Å². The summed E-state index contributed by atoms with van der Waals surface area (Å²) in [5, 5.41) is 13.1. The van der Waals surface area contributed by atoms with Crippen molar-refractivity contribution >= 4 is 17.9 Å². The van der Waals surface area contributed by atoms with Gasteiger partial charge in [-0.25, -0.2) is 9.78 Å². The molecule has 1 saturated heterocycles. The van der Waals surface area contributed by atoms with Gasteiger partial charge in [-0.3, -0.25) is 0 Å². The monoisotopic (exact) mass is 523 g/mol. The zero-order chi connectivity index (χ0) is 26.2. The molecule has 9 heteroatoms. The third-order valence-corrected chi connectivity index (χ3v) is 7.44. The smallest absolute Gasteiger partial charge is 0.407 e. The number of nitrogens with one attached hydrogen (secondary N) is 1. The number of alkyl carbamates (subject to hydrolysis) is 1. The third-order valence-electron chi connectivity index (χ3n) is 6.30. The van der Waals surface area contributed by atoms with E-state index in [9.17, 15) is 9.90 Å². The summed E-state index contributed by atoms with van der Waals surface area (Å²) in [5.74, 6) is 0.820. The van der Waals surface area contributed by atoms with Gasteiger partial charge in [-0.05, 0) is 16.7 Å². The van der Waals surface area contributed by atoms with Crippen LogP contribution in [-0.4, -0.2) is 39.2 Å². The van der Waals surface area contributed by atoms with E-state index < -0.39 is 12.4 Å². The first-order valence-electron chi connectivity index (χ1n) is 12.2. The van der Waals surface area contributed by atoms with Crippen molar-refractivity contribution < 1.29 is 24.1 Å². The van der Waals surface area contributed by atoms with Gasteiger partial charge in [-0.1, -0.05) is 79.9 Å². The van der Waals surface area contributed by atoms with Crippen LogP contribution >= 0.6 is 11.8 Å². The highest BCUT2D eigenvalue weighted by molar-refractivity contribution is 7.99. The lowest BCUT2D eigenvalue weighted by molar-refractivity contribution is -0.268. The molecule has 3 aromatic rings. The minimum absolute atomic E-state index is 0.00318. The van der Waals surface area contributed by atoms with Crippen molar-refractivity contribution in [3.8, 4) is 0 Å². The molecule has 0 aliphatic carbocycles. The van der Waals surface area contributed by atoms with Gasteiger partial charge in [0.15, 0.2) is 11.4 Å². The van der Waals surface area contributed by atoms with Gasteiger partial charge in [0, 0.05) is 43.2 Å². The lowest BCUT2D eigenvalue weighted by Gasteiger charge is -2.41. The van der Waals surface area contributed by atoms with Crippen molar-refractivity contribution in [1.82, 2.24) is 14.9 Å². The number of hydrogen-bond donors (Lipinski definition) is 2. The first kappa shape index (κ1) is 26.9. The number of ether oxygens (including phenoxy) is 3. The predicted molar refractivity (Wildman–Crippen MR) is 142 cm³/mol. The molecule has 2 N–H and O–H groups in total. The Hall–Kier alpha value is -3.11. The van der Waals surface area contributed by atoms with E-state index in [1.807, 2.05) is 66.3 Å². The van der Waals surface area contributed by atoms with Crippen molar-refractivity contribution in [3.05, 3.63) is 95.8 Å². The Morgan fingerprint density at radius 1 is 1.16 bits per heavy atom. The molecule has 1 fully saturated rings. The van der Waals surface area contributed by atoms with E-state index in [2.05, 4.69) is 23.8 Å². The fraction of sp³-hybridized carbons (Fsp3) is 0.357. The average molecular weight is 524 g/mol. The molecule has 8 nitrogen and oxygen atoms in total. The van der Waals surface area contributed by atoms with Crippen LogP contribution in [0.15, 0.2) is 78.7 Å². The largest absolute Gasteiger partial charge is 0.445 e. The number of amides is 1. The molecule has 1 aromatic heterocycles. The van der Waals surface area contributed by atoms with Crippen LogP contribution in [0.5, 0.6) is 0 Å². The number of imidazole rings is 1. The molecule has 2 heterocycles. The molecule has 0 radical (unpaired) electrons. The number of rotatable bonds is 10. The van der Waals surface area contributed by atoms with Gasteiger partial charge in [-0.15, -0.1) is 0 Å². The molecule has 2 aromatic carbocycles. The first-order chi connectivity index (χ1) is 18.0. The second-order valence-corrected chi connectivity index (χ2v) is 9.92. The summed E-state index contributed by atoms with van der Waals surface area (Å²) in [5.41, 5.74) is 3.73. The van der Waals surface area contributed by atoms with E-state index >= 15 is 0 Å². The predicted octanol–water partition coefficient (Wildman–Crippen LogP) is 4.91. The average Bonchev–Trinajstić information content (AvgIpc) is 3.35. The fourth-order valence-corrected chi connectivity index (χ4v) is 5.21. The number of hydrogen-bond acceptors (Lipinski definition) is 7. The van der Waals surface area contributed by atoms with Crippen LogP contribution in [0.3, 0.4) is 0 Å². The van der Waals surface area contributed by atoms with E-state index in [1.54, 1.807) is 18.0 Å². The third kappa shape index (κ3) is 7.01. The summed E-state index contributed by atoms with van der Waals surface area (Å²) in [6.45, 7) is 6.20. The summed E-state index contributed by atoms with van der Waals surface area (Å²) >= 11 is 1.66. The Bertz CT molecular complexity index is 1170. The number of benzene rings is 2. The Kier molecular flexibility index (Phi) is 9.40. The van der Waals surface area contributed by atoms with Crippen molar-refractivity contribution in [2.45, 2.75) is 43.7 Å². The molecule has 0 spiro atoms. The summed E-state index contributed by atoms with van der Waals surface area (Å²) in [6.07, 6.45) is 3.95. The van der Waals surface area contributed by atoms with Crippen LogP contribution in [0.2, 0.25) is 0 Å². The molecule has 0 bridgehead atoms. The number of aliphatic hydroxyl groups excluding tert-OH is 1. The molecule has 37 heavy (non-hydrogen) atoms. The van der Waals surface area contributed by atoms with Gasteiger partial charge < -0.3 is 29.2 Å². The van der Waals surface area contributed by atoms with Gasteiger partial charge in [0.05, 0.1) is 18.8 Å². The number of carbonyl (C=O) groups excluding carboxylic acids is 1. The summed E-state index contributed by atoms with van der Waals surface area (Å²) in [4.78, 5) is 16.1. The Morgan fingerprint density at radius 2 is 1.86 bits per heavy atom. The van der Waals surface area contributed by atoms with E-state index in [-0.39, 0.29) is 31.3 Å². The minimum Gasteiger partial charge on any atom is -0.445 e. The Labute approximate surface area is 221 Å². The summed E-state index contributed by atoms with van der Waals surface area (Å²) in [6, 6.07) is 15.7. The van der Waals surface area contributed by atoms with Crippen LogP contribution < -0.4 is 5.32 Å². The van der Waals surface area contributed by atoms with Gasteiger partial charge in [0.2, 0.25) is 0 Å². The van der Waals surface area contributed by atoms with E-state index in [0.29, 0.717) is 6.54 Å². The molecule has 4 atom stereocenters. The molecule has 196 valence electrons. The topological polar surface area (TPSA) is 94.8 Å². The number of thioether (sulfide) groups is 1. The van der Waals surface area contributed by atoms with Crippen LogP contribution in [-0.2, 0) is 34.4 Å². The van der Waals surface area contributed by atoms with Crippen LogP contribution in [0.1, 0.15) is 41.6 Å². The maximum absolute atomic E-state index is 11.7. The van der Waals surface area contributed by atoms with Gasteiger partial charge >= 0.3 is 6.09 Å². The zero-order valence-electron chi connectivity index (χ0n) is 21.1. The molecule has 0 saturated carbocycles. The maximum atomic E-state index is 11.7. The Morgan fingerprint density at radius 3 is 2.51 bits per heavy atom. The molecular weight excluding hydrogens is 490 g/mol. The number of nitrogens with zero attached hydrogens (tertiary/aromatic N) is 2. The Balaban J connectivity index is 1.49. The molecule has 0 unspecified atom stereocenters. The minimum atomic E-state index is -0.551. The van der Waals surface area contributed by atoms with Crippen LogP contribution in [0.4, 0.5) is 4.79 Å². The molecule has 1 aliphatic rings. The van der Waals surface area contributed by atoms with E-state index in [4.69, 9.17) is 14.2 Å². The standard InChI is InChI=1S/C28H33N3O5S/c1-4-15-34-28(33)30-16-20-5-11-23(12-6-20)26-35-24(18-37-27-29-13-14-31(27)3)19(2)25(36-26)22-9-7-21(17-32)8-10-22/h4-14,19,24-26,32H,1,15-18H2,2-3H3,(H,30,33)/t19-,24+,25+,26+/m0/s1. The van der Waals surface area contributed by atoms with Crippen molar-refractivity contribution in [3.63, 3.8) is 0 Å². The quantitative estimate of drug-likeness (QED) is 0.288. The molecule has 1 aliphatic heterocycles. The summed E-state index contributed by atoms with van der Waals surface area (Å²) < 4.78 is 19.9. The SMILES string of the molecule is C=CCOC(=O)NCc1ccc([C@@H]2O[C@H](CSc3nccn3C)[C@H](C)[C@H](c3ccc(CO)cc3)O2)cc1. The van der Waals surface area contributed by atoms with E-state index in [0.717, 1.165) is 33.2 Å². The van der Waals surface area contributed by atoms with Gasteiger partial charge in [0.1, 0.15) is 6.61 Å². The molecule has 1 amide bonds. The second-order valence-electron chi connectivity index (χ2n) is 8.94. The van der Waals surface area contributed by atoms with Gasteiger partial charge in [0.25, 0.3) is 0 Å². The van der Waals surface area contributed by atoms with Gasteiger partial charge in [-0.2, -0.15) is 0 Å².